The molecule has 0 aromatic heterocycles. The van der Waals surface area contributed by atoms with E-state index in [4.69, 9.17) is 0 Å². The third-order valence-corrected chi connectivity index (χ3v) is 4.36. The van der Waals surface area contributed by atoms with Crippen LogP contribution >= 0.6 is 0 Å². The van der Waals surface area contributed by atoms with Crippen molar-refractivity contribution < 1.29 is 0 Å². The van der Waals surface area contributed by atoms with Gasteiger partial charge >= 0.3 is 0 Å². The summed E-state index contributed by atoms with van der Waals surface area (Å²) in [5.41, 5.74) is 0. The van der Waals surface area contributed by atoms with Gasteiger partial charge in [-0.1, -0.05) is 32.6 Å². The Balaban J connectivity index is 1.72. The van der Waals surface area contributed by atoms with Gasteiger partial charge < -0.3 is 5.32 Å². The average molecular weight is 224 g/mol. The molecule has 0 spiro atoms. The summed E-state index contributed by atoms with van der Waals surface area (Å²) in [4.78, 5) is 2.75. The number of nitrogens with one attached hydrogen (secondary N) is 1. The second-order valence-electron chi connectivity index (χ2n) is 5.62. The maximum Gasteiger partial charge on any atom is 0.0232 e. The maximum atomic E-state index is 3.50. The molecular weight excluding hydrogens is 196 g/mol. The quantitative estimate of drug-likeness (QED) is 0.746. The van der Waals surface area contributed by atoms with Crippen molar-refractivity contribution in [1.82, 2.24) is 10.2 Å². The van der Waals surface area contributed by atoms with E-state index < -0.39 is 0 Å². The van der Waals surface area contributed by atoms with E-state index in [1.165, 1.54) is 71.1 Å². The molecule has 0 amide bonds. The molecule has 94 valence electrons. The van der Waals surface area contributed by atoms with Crippen LogP contribution in [0.5, 0.6) is 0 Å². The van der Waals surface area contributed by atoms with Gasteiger partial charge in [0.2, 0.25) is 0 Å². The fourth-order valence-electron chi connectivity index (χ4n) is 3.36. The van der Waals surface area contributed by atoms with E-state index in [1.54, 1.807) is 0 Å². The zero-order valence-corrected chi connectivity index (χ0v) is 10.9. The summed E-state index contributed by atoms with van der Waals surface area (Å²) in [6.07, 6.45) is 10.1. The molecule has 1 unspecified atom stereocenters. The molecule has 2 heteroatoms. The zero-order chi connectivity index (χ0) is 11.2. The molecule has 1 aliphatic carbocycles. The molecule has 1 heterocycles. The topological polar surface area (TPSA) is 15.3 Å². The molecule has 1 atom stereocenters. The molecule has 16 heavy (non-hydrogen) atoms. The molecule has 1 aliphatic heterocycles. The highest BCUT2D eigenvalue weighted by Gasteiger charge is 2.23. The highest BCUT2D eigenvalue weighted by Crippen LogP contribution is 2.28. The van der Waals surface area contributed by atoms with Crippen molar-refractivity contribution in [3.63, 3.8) is 0 Å². The van der Waals surface area contributed by atoms with E-state index in [1.807, 2.05) is 0 Å². The minimum atomic E-state index is 0.835. The second-order valence-corrected chi connectivity index (χ2v) is 5.62. The first-order valence-electron chi connectivity index (χ1n) is 7.35. The summed E-state index contributed by atoms with van der Waals surface area (Å²) in [5, 5.41) is 3.50. The van der Waals surface area contributed by atoms with E-state index in [9.17, 15) is 0 Å². The number of hydrogen-bond acceptors (Lipinski definition) is 2. The molecular formula is C14H28N2. The Hall–Kier alpha value is -0.0800. The van der Waals surface area contributed by atoms with Crippen LogP contribution in [-0.2, 0) is 0 Å². The highest BCUT2D eigenvalue weighted by atomic mass is 15.2. The van der Waals surface area contributed by atoms with Crippen molar-refractivity contribution in [3.05, 3.63) is 0 Å². The maximum absolute atomic E-state index is 3.50. The van der Waals surface area contributed by atoms with Crippen molar-refractivity contribution in [1.29, 1.82) is 0 Å². The van der Waals surface area contributed by atoms with Crippen LogP contribution in [0.3, 0.4) is 0 Å². The third kappa shape index (κ3) is 3.46. The first-order valence-corrected chi connectivity index (χ1v) is 7.35. The van der Waals surface area contributed by atoms with Gasteiger partial charge in [-0.2, -0.15) is 0 Å². The smallest absolute Gasteiger partial charge is 0.0232 e. The molecule has 0 aromatic carbocycles. The predicted octanol–water partition coefficient (Wildman–Crippen LogP) is 2.64. The van der Waals surface area contributed by atoms with Gasteiger partial charge in [-0.05, 0) is 44.8 Å². The Morgan fingerprint density at radius 1 is 1.12 bits per heavy atom. The normalized spacial score (nSPS) is 27.0. The molecule has 0 aromatic rings. The van der Waals surface area contributed by atoms with Crippen LogP contribution in [0, 0.1) is 5.92 Å². The van der Waals surface area contributed by atoms with Crippen LogP contribution in [0.1, 0.15) is 51.9 Å². The molecule has 0 bridgehead atoms. The molecule has 1 N–H and O–H groups in total. The van der Waals surface area contributed by atoms with Crippen LogP contribution < -0.4 is 5.32 Å². The summed E-state index contributed by atoms with van der Waals surface area (Å²) < 4.78 is 0. The standard InChI is InChI=1S/C14H28N2/c1-2-10-16(14-7-9-15-12-14)11-8-13-5-3-4-6-13/h13-15H,2-12H2,1H3. The number of rotatable bonds is 6. The van der Waals surface area contributed by atoms with Crippen LogP contribution in [0.4, 0.5) is 0 Å². The fraction of sp³-hybridized carbons (Fsp3) is 1.00. The number of nitrogens with zero attached hydrogens (tertiary/aromatic N) is 1. The monoisotopic (exact) mass is 224 g/mol. The summed E-state index contributed by atoms with van der Waals surface area (Å²) >= 11 is 0. The lowest BCUT2D eigenvalue weighted by Gasteiger charge is -2.29. The van der Waals surface area contributed by atoms with Crippen molar-refractivity contribution >= 4 is 0 Å². The van der Waals surface area contributed by atoms with Gasteiger partial charge in [0.1, 0.15) is 0 Å². The second kappa shape index (κ2) is 6.61. The first-order chi connectivity index (χ1) is 7.90. The summed E-state index contributed by atoms with van der Waals surface area (Å²) in [5.74, 6) is 1.05. The lowest BCUT2D eigenvalue weighted by Crippen LogP contribution is -2.38. The van der Waals surface area contributed by atoms with Gasteiger partial charge in [-0.3, -0.25) is 4.90 Å². The van der Waals surface area contributed by atoms with E-state index in [-0.39, 0.29) is 0 Å². The van der Waals surface area contributed by atoms with E-state index in [0.29, 0.717) is 0 Å². The van der Waals surface area contributed by atoms with Gasteiger partial charge in [0.05, 0.1) is 0 Å². The van der Waals surface area contributed by atoms with Crippen LogP contribution in [0.2, 0.25) is 0 Å². The minimum absolute atomic E-state index is 0.835. The molecule has 0 radical (unpaired) electrons. The Bertz CT molecular complexity index is 181. The third-order valence-electron chi connectivity index (χ3n) is 4.36. The highest BCUT2D eigenvalue weighted by molar-refractivity contribution is 4.81. The largest absolute Gasteiger partial charge is 0.315 e. The van der Waals surface area contributed by atoms with Crippen molar-refractivity contribution in [3.8, 4) is 0 Å². The molecule has 1 saturated carbocycles. The van der Waals surface area contributed by atoms with Gasteiger partial charge in [0.15, 0.2) is 0 Å². The van der Waals surface area contributed by atoms with Gasteiger partial charge in [-0.25, -0.2) is 0 Å². The van der Waals surface area contributed by atoms with Crippen molar-refractivity contribution in [2.24, 2.45) is 5.92 Å². The molecule has 2 aliphatic rings. The SMILES string of the molecule is CCCN(CCC1CCCC1)C1CCNC1. The van der Waals surface area contributed by atoms with E-state index in [2.05, 4.69) is 17.1 Å². The lowest BCUT2D eigenvalue weighted by molar-refractivity contribution is 0.193. The Morgan fingerprint density at radius 2 is 1.94 bits per heavy atom. The predicted molar refractivity (Wildman–Crippen MR) is 69.7 cm³/mol. The number of hydrogen-bond donors (Lipinski definition) is 1. The van der Waals surface area contributed by atoms with Crippen LogP contribution in [0.15, 0.2) is 0 Å². The summed E-state index contributed by atoms with van der Waals surface area (Å²) in [6.45, 7) is 7.42. The zero-order valence-electron chi connectivity index (χ0n) is 10.9. The fourth-order valence-corrected chi connectivity index (χ4v) is 3.36. The van der Waals surface area contributed by atoms with Crippen LogP contribution in [-0.4, -0.2) is 37.1 Å². The Kier molecular flexibility index (Phi) is 5.11. The van der Waals surface area contributed by atoms with Gasteiger partial charge in [0.25, 0.3) is 0 Å². The Morgan fingerprint density at radius 3 is 2.56 bits per heavy atom. The van der Waals surface area contributed by atoms with E-state index in [0.717, 1.165) is 12.0 Å². The lowest BCUT2D eigenvalue weighted by atomic mass is 10.0. The van der Waals surface area contributed by atoms with Crippen molar-refractivity contribution in [2.75, 3.05) is 26.2 Å². The molecule has 2 nitrogen and oxygen atoms in total. The summed E-state index contributed by atoms with van der Waals surface area (Å²) in [7, 11) is 0. The molecule has 2 rings (SSSR count). The summed E-state index contributed by atoms with van der Waals surface area (Å²) in [6, 6.07) is 0.835. The van der Waals surface area contributed by atoms with Crippen LogP contribution in [0.25, 0.3) is 0 Å². The first kappa shape index (κ1) is 12.4. The Labute approximate surface area is 101 Å². The van der Waals surface area contributed by atoms with Crippen molar-refractivity contribution in [2.45, 2.75) is 57.9 Å². The van der Waals surface area contributed by atoms with Gasteiger partial charge in [0, 0.05) is 12.6 Å². The van der Waals surface area contributed by atoms with Gasteiger partial charge in [-0.15, -0.1) is 0 Å². The average Bonchev–Trinajstić information content (AvgIpc) is 2.96. The minimum Gasteiger partial charge on any atom is -0.315 e. The molecule has 1 saturated heterocycles. The molecule has 2 fully saturated rings. The van der Waals surface area contributed by atoms with E-state index >= 15 is 0 Å².